The molecular weight excluding hydrogens is 390 g/mol. The second-order valence-corrected chi connectivity index (χ2v) is 8.42. The molecule has 6 heteroatoms. The van der Waals surface area contributed by atoms with Crippen molar-refractivity contribution >= 4 is 11.8 Å². The van der Waals surface area contributed by atoms with E-state index in [0.717, 1.165) is 69.7 Å². The Morgan fingerprint density at radius 3 is 2.74 bits per heavy atom. The number of fused-ring (bicyclic) bond motifs is 1. The number of benzene rings is 1. The van der Waals surface area contributed by atoms with Crippen LogP contribution in [0.25, 0.3) is 0 Å². The van der Waals surface area contributed by atoms with Gasteiger partial charge in [-0.05, 0) is 75.2 Å². The molecule has 168 valence electrons. The predicted octanol–water partition coefficient (Wildman–Crippen LogP) is 3.53. The molecule has 1 aromatic heterocycles. The number of hydrogen-bond donors (Lipinski definition) is 3. The molecule has 2 aliphatic rings. The highest BCUT2D eigenvalue weighted by molar-refractivity contribution is 5.67. The third-order valence-corrected chi connectivity index (χ3v) is 5.81. The molecule has 0 saturated carbocycles. The Bertz CT molecular complexity index is 813. The maximum atomic E-state index is 10.2. The number of rotatable bonds is 7. The summed E-state index contributed by atoms with van der Waals surface area (Å²) in [6, 6.07) is 14.0. The van der Waals surface area contributed by atoms with Gasteiger partial charge in [0.05, 0.1) is 6.10 Å². The lowest BCUT2D eigenvalue weighted by molar-refractivity contribution is -0.136. The first-order chi connectivity index (χ1) is 15.1. The fourth-order valence-electron chi connectivity index (χ4n) is 4.12. The van der Waals surface area contributed by atoms with Crippen molar-refractivity contribution in [3.8, 4) is 0 Å². The number of carbonyl (C=O) groups is 1. The lowest BCUT2D eigenvalue weighted by Crippen LogP contribution is -2.38. The van der Waals surface area contributed by atoms with E-state index in [1.165, 1.54) is 17.7 Å². The summed E-state index contributed by atoms with van der Waals surface area (Å²) in [4.78, 5) is 17.3. The van der Waals surface area contributed by atoms with E-state index in [-0.39, 0.29) is 12.5 Å². The Balaban J connectivity index is 0.000000210. The van der Waals surface area contributed by atoms with Crippen molar-refractivity contribution in [1.29, 1.82) is 0 Å². The highest BCUT2D eigenvalue weighted by atomic mass is 16.4. The van der Waals surface area contributed by atoms with Gasteiger partial charge < -0.3 is 20.4 Å². The number of nitrogens with zero attached hydrogens (tertiary/aromatic N) is 2. The van der Waals surface area contributed by atoms with Crippen LogP contribution in [0, 0.1) is 0 Å². The van der Waals surface area contributed by atoms with Gasteiger partial charge in [-0.3, -0.25) is 4.79 Å². The summed E-state index contributed by atoms with van der Waals surface area (Å²) >= 11 is 0. The van der Waals surface area contributed by atoms with E-state index in [1.807, 2.05) is 30.3 Å². The number of aryl methyl sites for hydroxylation is 3. The summed E-state index contributed by atoms with van der Waals surface area (Å²) < 4.78 is 0. The molecule has 3 heterocycles. The van der Waals surface area contributed by atoms with Gasteiger partial charge in [0.2, 0.25) is 0 Å². The zero-order valence-corrected chi connectivity index (χ0v) is 18.3. The molecule has 0 bridgehead atoms. The molecule has 1 atom stereocenters. The Morgan fingerprint density at radius 2 is 1.97 bits per heavy atom. The van der Waals surface area contributed by atoms with Gasteiger partial charge in [-0.25, -0.2) is 4.98 Å². The van der Waals surface area contributed by atoms with Gasteiger partial charge in [0.1, 0.15) is 5.82 Å². The van der Waals surface area contributed by atoms with Crippen molar-refractivity contribution in [2.75, 3.05) is 31.5 Å². The third kappa shape index (κ3) is 8.31. The Morgan fingerprint density at radius 1 is 1.13 bits per heavy atom. The second-order valence-electron chi connectivity index (χ2n) is 8.42. The van der Waals surface area contributed by atoms with Crippen LogP contribution < -0.4 is 5.32 Å². The van der Waals surface area contributed by atoms with Crippen LogP contribution in [0.3, 0.4) is 0 Å². The van der Waals surface area contributed by atoms with Crippen LogP contribution in [-0.4, -0.2) is 58.3 Å². The van der Waals surface area contributed by atoms with E-state index in [2.05, 4.69) is 22.3 Å². The maximum absolute atomic E-state index is 10.2. The maximum Gasteiger partial charge on any atom is 0.303 e. The van der Waals surface area contributed by atoms with Crippen molar-refractivity contribution in [2.24, 2.45) is 0 Å². The third-order valence-electron chi connectivity index (χ3n) is 5.81. The summed E-state index contributed by atoms with van der Waals surface area (Å²) in [7, 11) is 0. The highest BCUT2D eigenvalue weighted by Gasteiger charge is 2.17. The highest BCUT2D eigenvalue weighted by Crippen LogP contribution is 2.20. The van der Waals surface area contributed by atoms with E-state index in [4.69, 9.17) is 10.1 Å². The topological polar surface area (TPSA) is 85.7 Å². The van der Waals surface area contributed by atoms with Gasteiger partial charge in [-0.2, -0.15) is 0 Å². The molecule has 6 nitrogen and oxygen atoms in total. The SMILES string of the molecule is O=C(O)CCc1ccccc1.OC1CCCN(CCCc2ccc3c(n2)NCCC3)C1. The van der Waals surface area contributed by atoms with Crippen molar-refractivity contribution in [2.45, 2.75) is 57.5 Å². The first kappa shape index (κ1) is 23.2. The minimum atomic E-state index is -0.742. The fraction of sp³-hybridized carbons (Fsp3) is 0.520. The predicted molar refractivity (Wildman–Crippen MR) is 123 cm³/mol. The van der Waals surface area contributed by atoms with Crippen LogP contribution in [-0.2, 0) is 24.1 Å². The molecule has 1 aromatic carbocycles. The molecular formula is C25H35N3O3. The minimum Gasteiger partial charge on any atom is -0.481 e. The molecule has 1 fully saturated rings. The van der Waals surface area contributed by atoms with Gasteiger partial charge in [-0.15, -0.1) is 0 Å². The van der Waals surface area contributed by atoms with E-state index in [0.29, 0.717) is 6.42 Å². The summed E-state index contributed by atoms with van der Waals surface area (Å²) in [6.45, 7) is 4.10. The average Bonchev–Trinajstić information content (AvgIpc) is 2.79. The molecule has 0 radical (unpaired) electrons. The molecule has 2 aromatic rings. The van der Waals surface area contributed by atoms with Crippen molar-refractivity contribution in [3.05, 3.63) is 59.3 Å². The molecule has 1 unspecified atom stereocenters. The molecule has 2 aliphatic heterocycles. The monoisotopic (exact) mass is 425 g/mol. The van der Waals surface area contributed by atoms with E-state index >= 15 is 0 Å². The number of piperidine rings is 1. The van der Waals surface area contributed by atoms with Crippen molar-refractivity contribution < 1.29 is 15.0 Å². The molecule has 1 saturated heterocycles. The molecule has 4 rings (SSSR count). The average molecular weight is 426 g/mol. The van der Waals surface area contributed by atoms with Gasteiger partial charge in [0.15, 0.2) is 0 Å². The number of anilines is 1. The van der Waals surface area contributed by atoms with Crippen molar-refractivity contribution in [1.82, 2.24) is 9.88 Å². The molecule has 0 amide bonds. The van der Waals surface area contributed by atoms with Gasteiger partial charge in [0, 0.05) is 25.2 Å². The summed E-state index contributed by atoms with van der Waals surface area (Å²) in [5, 5.41) is 21.4. The number of aliphatic carboxylic acids is 1. The first-order valence-corrected chi connectivity index (χ1v) is 11.5. The first-order valence-electron chi connectivity index (χ1n) is 11.5. The Labute approximate surface area is 185 Å². The molecule has 3 N–H and O–H groups in total. The number of aromatic nitrogens is 1. The van der Waals surface area contributed by atoms with Gasteiger partial charge in [0.25, 0.3) is 0 Å². The number of aliphatic hydroxyl groups excluding tert-OH is 1. The quantitative estimate of drug-likeness (QED) is 0.629. The van der Waals surface area contributed by atoms with E-state index < -0.39 is 5.97 Å². The molecule has 0 spiro atoms. The number of aliphatic hydroxyl groups is 1. The number of carboxylic acids is 1. The van der Waals surface area contributed by atoms with Crippen LogP contribution in [0.4, 0.5) is 5.82 Å². The second kappa shape index (κ2) is 12.4. The Hall–Kier alpha value is -2.44. The van der Waals surface area contributed by atoms with Crippen LogP contribution >= 0.6 is 0 Å². The van der Waals surface area contributed by atoms with Crippen LogP contribution in [0.15, 0.2) is 42.5 Å². The normalized spacial score (nSPS) is 18.3. The number of likely N-dealkylation sites (tertiary alicyclic amines) is 1. The fourth-order valence-corrected chi connectivity index (χ4v) is 4.12. The number of β-amino-alcohol motifs (C(OH)–C–C–N with tert-alkyl or cyclic N) is 1. The lowest BCUT2D eigenvalue weighted by Gasteiger charge is -2.29. The summed E-state index contributed by atoms with van der Waals surface area (Å²) in [5.41, 5.74) is 3.63. The number of hydrogen-bond acceptors (Lipinski definition) is 5. The summed E-state index contributed by atoms with van der Waals surface area (Å²) in [6.07, 6.45) is 7.33. The van der Waals surface area contributed by atoms with E-state index in [1.54, 1.807) is 0 Å². The van der Waals surface area contributed by atoms with Gasteiger partial charge >= 0.3 is 5.97 Å². The molecule has 31 heavy (non-hydrogen) atoms. The van der Waals surface area contributed by atoms with Crippen LogP contribution in [0.1, 0.15) is 48.9 Å². The number of nitrogens with one attached hydrogen (secondary N) is 1. The Kier molecular flexibility index (Phi) is 9.31. The molecule has 0 aliphatic carbocycles. The zero-order chi connectivity index (χ0) is 21.9. The number of carboxylic acid groups (broad SMARTS) is 1. The smallest absolute Gasteiger partial charge is 0.303 e. The largest absolute Gasteiger partial charge is 0.481 e. The number of pyridine rings is 1. The van der Waals surface area contributed by atoms with Crippen LogP contribution in [0.2, 0.25) is 0 Å². The summed E-state index contributed by atoms with van der Waals surface area (Å²) in [5.74, 6) is 0.357. The van der Waals surface area contributed by atoms with Crippen LogP contribution in [0.5, 0.6) is 0 Å². The lowest BCUT2D eigenvalue weighted by atomic mass is 10.1. The van der Waals surface area contributed by atoms with E-state index in [9.17, 15) is 9.90 Å². The van der Waals surface area contributed by atoms with Crippen molar-refractivity contribution in [3.63, 3.8) is 0 Å². The standard InChI is InChI=1S/C16H25N3O.C9H10O2/c20-15-6-3-11-19(12-15)10-2-5-14-8-7-13-4-1-9-17-16(13)18-14;10-9(11)7-6-8-4-2-1-3-5-8/h7-8,15,20H,1-6,9-12H2,(H,17,18);1-5H,6-7H2,(H,10,11). The minimum absolute atomic E-state index is 0.116. The zero-order valence-electron chi connectivity index (χ0n) is 18.3. The van der Waals surface area contributed by atoms with Gasteiger partial charge in [-0.1, -0.05) is 36.4 Å².